The second-order valence-corrected chi connectivity index (χ2v) is 10.2. The van der Waals surface area contributed by atoms with E-state index >= 15 is 0 Å². The Morgan fingerprint density at radius 1 is 1.27 bits per heavy atom. The van der Waals surface area contributed by atoms with Gasteiger partial charge in [0.15, 0.2) is 0 Å². The van der Waals surface area contributed by atoms with Gasteiger partial charge in [-0.1, -0.05) is 4.40 Å². The highest BCUT2D eigenvalue weighted by molar-refractivity contribution is 7.91. The van der Waals surface area contributed by atoms with Crippen molar-refractivity contribution < 1.29 is 14.1 Å². The first-order valence-corrected chi connectivity index (χ1v) is 9.02. The molecule has 1 spiro atoms. The largest absolute Gasteiger partial charge is 0.591 e. The Kier molecular flexibility index (Phi) is 4.57. The standard InChI is InChI=1S/C16H28N2O3S/c1-14(2,3)21-13(19)18-10-9-16(11-18)8-7-12(16)17-22(20)15(4,5)6/h7-11H2,1-6H3/b17-12-/t16-,22?/m0/s1. The van der Waals surface area contributed by atoms with Crippen molar-refractivity contribution in [2.24, 2.45) is 9.81 Å². The fraction of sp³-hybridized carbons (Fsp3) is 0.875. The van der Waals surface area contributed by atoms with Crippen LogP contribution in [0.4, 0.5) is 4.79 Å². The van der Waals surface area contributed by atoms with Gasteiger partial charge in [0.05, 0.1) is 5.71 Å². The van der Waals surface area contributed by atoms with Crippen LogP contribution in [0.3, 0.4) is 0 Å². The number of carbonyl (C=O) groups excluding carboxylic acids is 1. The van der Waals surface area contributed by atoms with E-state index in [4.69, 9.17) is 4.74 Å². The first kappa shape index (κ1) is 17.6. The molecule has 1 aliphatic heterocycles. The van der Waals surface area contributed by atoms with Crippen molar-refractivity contribution in [1.29, 1.82) is 0 Å². The normalized spacial score (nSPS) is 28.9. The zero-order valence-corrected chi connectivity index (χ0v) is 15.4. The third-order valence-corrected chi connectivity index (χ3v) is 5.61. The van der Waals surface area contributed by atoms with E-state index in [0.717, 1.165) is 25.0 Å². The highest BCUT2D eigenvalue weighted by atomic mass is 32.2. The highest BCUT2D eigenvalue weighted by Gasteiger charge is 2.51. The Morgan fingerprint density at radius 2 is 1.91 bits per heavy atom. The molecule has 2 rings (SSSR count). The van der Waals surface area contributed by atoms with Crippen LogP contribution in [-0.4, -0.2) is 44.7 Å². The van der Waals surface area contributed by atoms with Gasteiger partial charge in [-0.2, -0.15) is 0 Å². The third kappa shape index (κ3) is 3.77. The Balaban J connectivity index is 2.03. The SMILES string of the molecule is CC(C)(C)OC(=O)N1CC[C@@]2(CC/C2=N/[S+]([O-])C(C)(C)C)C1. The minimum Gasteiger partial charge on any atom is -0.591 e. The molecule has 1 unspecified atom stereocenters. The number of likely N-dealkylation sites (tertiary alicyclic amines) is 1. The van der Waals surface area contributed by atoms with E-state index in [0.29, 0.717) is 13.1 Å². The lowest BCUT2D eigenvalue weighted by Crippen LogP contribution is -2.46. The molecule has 1 amide bonds. The van der Waals surface area contributed by atoms with Crippen LogP contribution in [0.2, 0.25) is 0 Å². The van der Waals surface area contributed by atoms with Gasteiger partial charge in [0.25, 0.3) is 0 Å². The molecule has 0 aromatic carbocycles. The summed E-state index contributed by atoms with van der Waals surface area (Å²) in [6, 6.07) is 0. The summed E-state index contributed by atoms with van der Waals surface area (Å²) in [5.74, 6) is 0. The van der Waals surface area contributed by atoms with Crippen molar-refractivity contribution in [3.05, 3.63) is 0 Å². The van der Waals surface area contributed by atoms with Crippen LogP contribution in [0.1, 0.15) is 60.8 Å². The quantitative estimate of drug-likeness (QED) is 0.694. The molecule has 6 heteroatoms. The first-order valence-electron chi connectivity index (χ1n) is 7.91. The predicted octanol–water partition coefficient (Wildman–Crippen LogP) is 3.31. The second-order valence-electron chi connectivity index (χ2n) is 8.33. The summed E-state index contributed by atoms with van der Waals surface area (Å²) in [6.07, 6.45) is 2.55. The van der Waals surface area contributed by atoms with E-state index in [1.54, 1.807) is 4.90 Å². The molecular weight excluding hydrogens is 300 g/mol. The van der Waals surface area contributed by atoms with Crippen molar-refractivity contribution in [2.75, 3.05) is 13.1 Å². The Labute approximate surface area is 136 Å². The molecule has 0 radical (unpaired) electrons. The summed E-state index contributed by atoms with van der Waals surface area (Å²) >= 11 is -1.22. The number of hydrogen-bond acceptors (Lipinski definition) is 4. The van der Waals surface area contributed by atoms with Crippen LogP contribution in [0.15, 0.2) is 4.40 Å². The van der Waals surface area contributed by atoms with Gasteiger partial charge >= 0.3 is 6.09 Å². The van der Waals surface area contributed by atoms with Gasteiger partial charge in [-0.15, -0.1) is 0 Å². The third-order valence-electron chi connectivity index (χ3n) is 4.17. The van der Waals surface area contributed by atoms with Gasteiger partial charge in [-0.25, -0.2) is 4.79 Å². The van der Waals surface area contributed by atoms with Gasteiger partial charge in [0.1, 0.15) is 21.7 Å². The summed E-state index contributed by atoms with van der Waals surface area (Å²) in [7, 11) is 0. The van der Waals surface area contributed by atoms with Gasteiger partial charge in [-0.3, -0.25) is 0 Å². The van der Waals surface area contributed by atoms with Crippen LogP contribution in [0.5, 0.6) is 0 Å². The van der Waals surface area contributed by atoms with Crippen molar-refractivity contribution >= 4 is 23.2 Å². The zero-order chi connectivity index (χ0) is 16.8. The maximum absolute atomic E-state index is 12.2. The van der Waals surface area contributed by atoms with Crippen molar-refractivity contribution in [3.8, 4) is 0 Å². The highest BCUT2D eigenvalue weighted by Crippen LogP contribution is 2.47. The Hall–Kier alpha value is -0.750. The molecule has 126 valence electrons. The molecule has 1 saturated heterocycles. The van der Waals surface area contributed by atoms with Crippen LogP contribution in [0.25, 0.3) is 0 Å². The average molecular weight is 328 g/mol. The number of nitrogens with zero attached hydrogens (tertiary/aromatic N) is 2. The smallest absolute Gasteiger partial charge is 0.410 e. The summed E-state index contributed by atoms with van der Waals surface area (Å²) in [5.41, 5.74) is 0.487. The van der Waals surface area contributed by atoms with Gasteiger partial charge in [0, 0.05) is 18.5 Å². The molecule has 0 aromatic rings. The van der Waals surface area contributed by atoms with Crippen molar-refractivity contribution in [1.82, 2.24) is 4.90 Å². The monoisotopic (exact) mass is 328 g/mol. The van der Waals surface area contributed by atoms with E-state index in [1.807, 2.05) is 41.5 Å². The number of ether oxygens (including phenoxy) is 1. The fourth-order valence-corrected chi connectivity index (χ4v) is 3.52. The molecule has 1 aliphatic carbocycles. The maximum Gasteiger partial charge on any atom is 0.410 e. The van der Waals surface area contributed by atoms with Gasteiger partial charge < -0.3 is 14.2 Å². The van der Waals surface area contributed by atoms with E-state index in [-0.39, 0.29) is 16.3 Å². The molecule has 1 saturated carbocycles. The molecule has 5 nitrogen and oxygen atoms in total. The van der Waals surface area contributed by atoms with Crippen LogP contribution < -0.4 is 0 Å². The summed E-state index contributed by atoms with van der Waals surface area (Å²) in [4.78, 5) is 13.9. The molecule has 0 bridgehead atoms. The zero-order valence-electron chi connectivity index (χ0n) is 14.6. The number of rotatable bonds is 1. The topological polar surface area (TPSA) is 65.0 Å². The first-order chi connectivity index (χ1) is 9.93. The number of amides is 1. The number of carbonyl (C=O) groups is 1. The van der Waals surface area contributed by atoms with Crippen LogP contribution in [0, 0.1) is 5.41 Å². The summed E-state index contributed by atoms with van der Waals surface area (Å²) < 4.78 is 21.8. The molecule has 0 N–H and O–H groups in total. The maximum atomic E-state index is 12.2. The lowest BCUT2D eigenvalue weighted by atomic mass is 9.66. The average Bonchev–Trinajstić information content (AvgIpc) is 2.78. The Bertz CT molecular complexity index is 479. The second kappa shape index (κ2) is 5.71. The van der Waals surface area contributed by atoms with Crippen LogP contribution >= 0.6 is 0 Å². The van der Waals surface area contributed by atoms with E-state index in [1.165, 1.54) is 0 Å². The van der Waals surface area contributed by atoms with Gasteiger partial charge in [-0.05, 0) is 60.8 Å². The lowest BCUT2D eigenvalue weighted by Gasteiger charge is -2.39. The van der Waals surface area contributed by atoms with Crippen molar-refractivity contribution in [3.63, 3.8) is 0 Å². The lowest BCUT2D eigenvalue weighted by molar-refractivity contribution is 0.0278. The molecule has 2 atom stereocenters. The van der Waals surface area contributed by atoms with Gasteiger partial charge in [0.2, 0.25) is 0 Å². The van der Waals surface area contributed by atoms with Crippen molar-refractivity contribution in [2.45, 2.75) is 71.2 Å². The fourth-order valence-electron chi connectivity index (χ4n) is 2.76. The van der Waals surface area contributed by atoms with E-state index in [2.05, 4.69) is 4.40 Å². The number of hydrogen-bond donors (Lipinski definition) is 0. The van der Waals surface area contributed by atoms with E-state index < -0.39 is 17.0 Å². The molecule has 1 heterocycles. The molecule has 0 aromatic heterocycles. The summed E-state index contributed by atoms with van der Waals surface area (Å²) in [6.45, 7) is 12.7. The minimum absolute atomic E-state index is 0.0577. The van der Waals surface area contributed by atoms with E-state index in [9.17, 15) is 9.35 Å². The van der Waals surface area contributed by atoms with Crippen LogP contribution in [-0.2, 0) is 16.1 Å². The minimum atomic E-state index is -1.22. The molecular formula is C16H28N2O3S. The molecule has 2 aliphatic rings. The molecule has 2 fully saturated rings. The summed E-state index contributed by atoms with van der Waals surface area (Å²) in [5, 5.41) is 0. The predicted molar refractivity (Wildman–Crippen MR) is 89.4 cm³/mol. The Morgan fingerprint density at radius 3 is 2.36 bits per heavy atom. The molecule has 22 heavy (non-hydrogen) atoms.